The Hall–Kier alpha value is -3.32. The molecule has 0 radical (unpaired) electrons. The molecule has 1 aliphatic heterocycles. The highest BCUT2D eigenvalue weighted by Crippen LogP contribution is 2.31. The van der Waals surface area contributed by atoms with Gasteiger partial charge in [0, 0.05) is 17.8 Å². The Kier molecular flexibility index (Phi) is 6.75. The van der Waals surface area contributed by atoms with Crippen molar-refractivity contribution >= 4 is 11.7 Å². The zero-order valence-corrected chi connectivity index (χ0v) is 19.0. The maximum atomic E-state index is 12.9. The molecule has 0 spiro atoms. The zero-order valence-electron chi connectivity index (χ0n) is 19.0. The van der Waals surface area contributed by atoms with E-state index in [-0.39, 0.29) is 12.1 Å². The molecule has 7 nitrogen and oxygen atoms in total. The number of aromatic nitrogens is 2. The van der Waals surface area contributed by atoms with Crippen LogP contribution in [0.4, 0.5) is 10.5 Å². The van der Waals surface area contributed by atoms with Crippen LogP contribution in [0.15, 0.2) is 54.6 Å². The number of amides is 2. The molecule has 1 aliphatic rings. The average Bonchev–Trinajstić information content (AvgIpc) is 3.44. The Bertz CT molecular complexity index is 1070. The molecule has 1 fully saturated rings. The lowest BCUT2D eigenvalue weighted by atomic mass is 10.0. The quantitative estimate of drug-likeness (QED) is 0.577. The summed E-state index contributed by atoms with van der Waals surface area (Å²) in [5, 5.41) is 10.6. The van der Waals surface area contributed by atoms with Gasteiger partial charge in [0.25, 0.3) is 0 Å². The average molecular weight is 434 g/mol. The first-order valence-electron chi connectivity index (χ1n) is 11.1. The molecule has 0 aliphatic carbocycles. The summed E-state index contributed by atoms with van der Waals surface area (Å²) in [4.78, 5) is 15.3. The first kappa shape index (κ1) is 21.9. The third-order valence-corrected chi connectivity index (χ3v) is 5.93. The van der Waals surface area contributed by atoms with Crippen LogP contribution >= 0.6 is 0 Å². The van der Waals surface area contributed by atoms with E-state index < -0.39 is 0 Å². The number of nitrogens with one attached hydrogen (secondary N) is 2. The maximum Gasteiger partial charge on any atom is 0.319 e. The van der Waals surface area contributed by atoms with E-state index in [9.17, 15) is 4.79 Å². The number of likely N-dealkylation sites (tertiary alicyclic amines) is 1. The monoisotopic (exact) mass is 433 g/mol. The van der Waals surface area contributed by atoms with Gasteiger partial charge >= 0.3 is 6.03 Å². The second-order valence-electron chi connectivity index (χ2n) is 8.19. The molecule has 1 aromatic heterocycles. The standard InChI is InChI=1S/C25H31N5O2/c1-18-16-19(2)30(28-18)22-12-6-5-11-21(22)27-25(31)26-17-23(29-14-8-9-15-29)20-10-4-7-13-24(20)32-3/h4-7,10-13,16,23H,8-9,14-15,17H2,1-3H3,(H2,26,27,31). The van der Waals surface area contributed by atoms with Gasteiger partial charge in [-0.2, -0.15) is 5.10 Å². The van der Waals surface area contributed by atoms with Gasteiger partial charge in [0.1, 0.15) is 5.75 Å². The van der Waals surface area contributed by atoms with Crippen molar-refractivity contribution < 1.29 is 9.53 Å². The van der Waals surface area contributed by atoms with Crippen LogP contribution in [0.2, 0.25) is 0 Å². The van der Waals surface area contributed by atoms with E-state index in [0.29, 0.717) is 12.2 Å². The Morgan fingerprint density at radius 3 is 2.53 bits per heavy atom. The number of para-hydroxylation sites is 3. The molecule has 32 heavy (non-hydrogen) atoms. The molecule has 0 bridgehead atoms. The van der Waals surface area contributed by atoms with Gasteiger partial charge in [0.2, 0.25) is 0 Å². The van der Waals surface area contributed by atoms with E-state index in [2.05, 4.69) is 26.7 Å². The van der Waals surface area contributed by atoms with E-state index in [4.69, 9.17) is 4.74 Å². The predicted octanol–water partition coefficient (Wildman–Crippen LogP) is 4.46. The topological polar surface area (TPSA) is 71.4 Å². The number of ether oxygens (including phenoxy) is 1. The smallest absolute Gasteiger partial charge is 0.319 e. The van der Waals surface area contributed by atoms with E-state index in [1.54, 1.807) is 7.11 Å². The van der Waals surface area contributed by atoms with Crippen molar-refractivity contribution in [2.45, 2.75) is 32.7 Å². The minimum absolute atomic E-state index is 0.0608. The van der Waals surface area contributed by atoms with Gasteiger partial charge in [-0.25, -0.2) is 9.48 Å². The second kappa shape index (κ2) is 9.87. The number of carbonyl (C=O) groups is 1. The minimum atomic E-state index is -0.238. The molecule has 2 amide bonds. The molecule has 1 unspecified atom stereocenters. The van der Waals surface area contributed by atoms with Crippen LogP contribution in [0.1, 0.15) is 35.8 Å². The number of nitrogens with zero attached hydrogens (tertiary/aromatic N) is 3. The first-order chi connectivity index (χ1) is 15.6. The summed E-state index contributed by atoms with van der Waals surface area (Å²) in [7, 11) is 1.69. The lowest BCUT2D eigenvalue weighted by Gasteiger charge is -2.29. The summed E-state index contributed by atoms with van der Waals surface area (Å²) < 4.78 is 7.46. The molecular weight excluding hydrogens is 402 g/mol. The summed E-state index contributed by atoms with van der Waals surface area (Å²) >= 11 is 0. The number of carbonyl (C=O) groups excluding carboxylic acids is 1. The molecule has 1 atom stereocenters. The van der Waals surface area contributed by atoms with Gasteiger partial charge in [0.05, 0.1) is 30.2 Å². The third-order valence-electron chi connectivity index (χ3n) is 5.93. The number of aryl methyl sites for hydroxylation is 2. The second-order valence-corrected chi connectivity index (χ2v) is 8.19. The van der Waals surface area contributed by atoms with Crippen LogP contribution in [-0.2, 0) is 0 Å². The van der Waals surface area contributed by atoms with Crippen molar-refractivity contribution in [1.82, 2.24) is 20.0 Å². The maximum absolute atomic E-state index is 12.9. The van der Waals surface area contributed by atoms with Gasteiger partial charge < -0.3 is 15.4 Å². The van der Waals surface area contributed by atoms with Crippen molar-refractivity contribution in [2.24, 2.45) is 0 Å². The van der Waals surface area contributed by atoms with Crippen LogP contribution in [0.25, 0.3) is 5.69 Å². The SMILES string of the molecule is COc1ccccc1C(CNC(=O)Nc1ccccc1-n1nc(C)cc1C)N1CCCC1. The molecule has 168 valence electrons. The molecule has 7 heteroatoms. The van der Waals surface area contributed by atoms with Crippen LogP contribution in [0.3, 0.4) is 0 Å². The zero-order chi connectivity index (χ0) is 22.5. The van der Waals surface area contributed by atoms with E-state index in [1.807, 2.05) is 67.1 Å². The number of methoxy groups -OCH3 is 1. The number of anilines is 1. The van der Waals surface area contributed by atoms with Crippen molar-refractivity contribution in [3.8, 4) is 11.4 Å². The van der Waals surface area contributed by atoms with Gasteiger partial charge in [-0.15, -0.1) is 0 Å². The Balaban J connectivity index is 1.50. The predicted molar refractivity (Wildman–Crippen MR) is 127 cm³/mol. The van der Waals surface area contributed by atoms with Gasteiger partial charge in [-0.1, -0.05) is 30.3 Å². The van der Waals surface area contributed by atoms with Gasteiger partial charge in [0.15, 0.2) is 0 Å². The summed E-state index contributed by atoms with van der Waals surface area (Å²) in [5.41, 5.74) is 4.61. The molecule has 2 heterocycles. The molecule has 2 N–H and O–H groups in total. The summed E-state index contributed by atoms with van der Waals surface area (Å²) in [6, 6.07) is 17.6. The lowest BCUT2D eigenvalue weighted by Crippen LogP contribution is -2.38. The number of hydrogen-bond acceptors (Lipinski definition) is 4. The minimum Gasteiger partial charge on any atom is -0.496 e. The van der Waals surface area contributed by atoms with Crippen LogP contribution in [0.5, 0.6) is 5.75 Å². The van der Waals surface area contributed by atoms with E-state index in [0.717, 1.165) is 41.5 Å². The largest absolute Gasteiger partial charge is 0.496 e. The fourth-order valence-electron chi connectivity index (χ4n) is 4.42. The van der Waals surface area contributed by atoms with Crippen molar-refractivity contribution in [3.63, 3.8) is 0 Å². The third kappa shape index (κ3) is 4.78. The van der Waals surface area contributed by atoms with Crippen molar-refractivity contribution in [1.29, 1.82) is 0 Å². The fourth-order valence-corrected chi connectivity index (χ4v) is 4.42. The lowest BCUT2D eigenvalue weighted by molar-refractivity contribution is 0.224. The molecule has 4 rings (SSSR count). The fraction of sp³-hybridized carbons (Fsp3) is 0.360. The summed E-state index contributed by atoms with van der Waals surface area (Å²) in [6.07, 6.45) is 2.35. The normalized spacial score (nSPS) is 14.8. The molecule has 2 aromatic carbocycles. The van der Waals surface area contributed by atoms with Gasteiger partial charge in [-0.05, 0) is 64.0 Å². The molecule has 0 saturated carbocycles. The number of benzene rings is 2. The Morgan fingerprint density at radius 1 is 1.09 bits per heavy atom. The Labute approximate surface area is 189 Å². The van der Waals surface area contributed by atoms with E-state index in [1.165, 1.54) is 12.8 Å². The van der Waals surface area contributed by atoms with Crippen molar-refractivity contribution in [3.05, 3.63) is 71.5 Å². The van der Waals surface area contributed by atoms with Crippen molar-refractivity contribution in [2.75, 3.05) is 32.1 Å². The highest BCUT2D eigenvalue weighted by molar-refractivity contribution is 5.91. The number of rotatable bonds is 7. The van der Waals surface area contributed by atoms with E-state index >= 15 is 0 Å². The van der Waals surface area contributed by atoms with Crippen LogP contribution in [-0.4, -0.2) is 47.5 Å². The Morgan fingerprint density at radius 2 is 1.81 bits per heavy atom. The van der Waals surface area contributed by atoms with Gasteiger partial charge in [-0.3, -0.25) is 4.90 Å². The number of urea groups is 1. The molecule has 3 aromatic rings. The summed E-state index contributed by atoms with van der Waals surface area (Å²) in [6.45, 7) is 6.50. The molecular formula is C25H31N5O2. The first-order valence-corrected chi connectivity index (χ1v) is 11.1. The molecule has 1 saturated heterocycles. The highest BCUT2D eigenvalue weighted by atomic mass is 16.5. The van der Waals surface area contributed by atoms with Crippen LogP contribution < -0.4 is 15.4 Å². The van der Waals surface area contributed by atoms with Crippen LogP contribution in [0, 0.1) is 13.8 Å². The highest BCUT2D eigenvalue weighted by Gasteiger charge is 2.26. The number of hydrogen-bond donors (Lipinski definition) is 2. The summed E-state index contributed by atoms with van der Waals surface area (Å²) in [5.74, 6) is 0.849.